The van der Waals surface area contributed by atoms with Crippen LogP contribution in [0.5, 0.6) is 0 Å². The van der Waals surface area contributed by atoms with Gasteiger partial charge in [-0.15, -0.1) is 0 Å². The molecule has 0 radical (unpaired) electrons. The van der Waals surface area contributed by atoms with Crippen molar-refractivity contribution in [2.45, 2.75) is 58.7 Å². The van der Waals surface area contributed by atoms with Crippen molar-refractivity contribution in [3.05, 3.63) is 48.0 Å². The summed E-state index contributed by atoms with van der Waals surface area (Å²) >= 11 is 0. The van der Waals surface area contributed by atoms with Crippen LogP contribution >= 0.6 is 0 Å². The third-order valence-electron chi connectivity index (χ3n) is 7.34. The van der Waals surface area contributed by atoms with E-state index in [1.54, 1.807) is 6.92 Å². The maximum absolute atomic E-state index is 12.2. The molecule has 0 N–H and O–H groups in total. The van der Waals surface area contributed by atoms with Crippen molar-refractivity contribution in [1.82, 2.24) is 34.4 Å². The van der Waals surface area contributed by atoms with E-state index in [0.29, 0.717) is 18.4 Å². The second-order valence-electron chi connectivity index (χ2n) is 9.99. The van der Waals surface area contributed by atoms with E-state index in [-0.39, 0.29) is 11.9 Å². The lowest BCUT2D eigenvalue weighted by molar-refractivity contribution is -0.129. The normalized spacial score (nSPS) is 16.6. The fourth-order valence-electron chi connectivity index (χ4n) is 5.30. The lowest BCUT2D eigenvalue weighted by atomic mass is 9.98. The van der Waals surface area contributed by atoms with Crippen molar-refractivity contribution in [1.29, 1.82) is 0 Å². The van der Waals surface area contributed by atoms with Crippen LogP contribution in [0.25, 0.3) is 33.5 Å². The van der Waals surface area contributed by atoms with E-state index in [2.05, 4.69) is 29.7 Å². The second kappa shape index (κ2) is 9.13. The first-order chi connectivity index (χ1) is 17.5. The van der Waals surface area contributed by atoms with Gasteiger partial charge in [0.25, 0.3) is 0 Å². The summed E-state index contributed by atoms with van der Waals surface area (Å²) in [5.74, 6) is 0.752. The molecule has 6 rings (SSSR count). The maximum Gasteiger partial charge on any atom is 0.219 e. The van der Waals surface area contributed by atoms with Gasteiger partial charge in [0.2, 0.25) is 5.91 Å². The zero-order valence-electron chi connectivity index (χ0n) is 21.0. The molecule has 9 heteroatoms. The Hall–Kier alpha value is -3.59. The van der Waals surface area contributed by atoms with Crippen LogP contribution in [0.2, 0.25) is 0 Å². The highest BCUT2D eigenvalue weighted by molar-refractivity contribution is 5.94. The van der Waals surface area contributed by atoms with Crippen molar-refractivity contribution < 1.29 is 9.53 Å². The number of aromatic nitrogens is 6. The van der Waals surface area contributed by atoms with Crippen LogP contribution in [0, 0.1) is 0 Å². The predicted octanol–water partition coefficient (Wildman–Crippen LogP) is 4.19. The molecule has 0 saturated carbocycles. The quantitative estimate of drug-likeness (QED) is 0.430. The molecule has 0 bridgehead atoms. The van der Waals surface area contributed by atoms with Gasteiger partial charge in [0.1, 0.15) is 0 Å². The molecule has 9 nitrogen and oxygen atoms in total. The van der Waals surface area contributed by atoms with Crippen molar-refractivity contribution in [3.8, 4) is 22.6 Å². The molecule has 2 aliphatic heterocycles. The molecule has 0 aliphatic carbocycles. The predicted molar refractivity (Wildman–Crippen MR) is 136 cm³/mol. The summed E-state index contributed by atoms with van der Waals surface area (Å²) in [5.41, 5.74) is 6.07. The summed E-state index contributed by atoms with van der Waals surface area (Å²) in [4.78, 5) is 23.7. The van der Waals surface area contributed by atoms with Crippen molar-refractivity contribution >= 4 is 16.8 Å². The summed E-state index contributed by atoms with van der Waals surface area (Å²) in [6.45, 7) is 8.65. The lowest BCUT2D eigenvalue weighted by Gasteiger charge is -2.29. The average molecular weight is 486 g/mol. The molecule has 5 heterocycles. The monoisotopic (exact) mass is 485 g/mol. The summed E-state index contributed by atoms with van der Waals surface area (Å²) in [5, 5.41) is 10.6. The number of fused-ring (bicyclic) bond motifs is 2. The average Bonchev–Trinajstić information content (AvgIpc) is 3.54. The fraction of sp³-hybridized carbons (Fsp3) is 0.444. The van der Waals surface area contributed by atoms with Gasteiger partial charge in [-0.05, 0) is 32.8 Å². The van der Waals surface area contributed by atoms with Crippen LogP contribution < -0.4 is 0 Å². The maximum atomic E-state index is 12.2. The van der Waals surface area contributed by atoms with Gasteiger partial charge in [-0.25, -0.2) is 9.97 Å². The topological polar surface area (TPSA) is 91.0 Å². The van der Waals surface area contributed by atoms with E-state index in [4.69, 9.17) is 19.8 Å². The molecule has 1 fully saturated rings. The summed E-state index contributed by atoms with van der Waals surface area (Å²) in [6, 6.07) is 6.72. The van der Waals surface area contributed by atoms with E-state index in [0.717, 1.165) is 72.3 Å². The Morgan fingerprint density at radius 2 is 2.00 bits per heavy atom. The van der Waals surface area contributed by atoms with Gasteiger partial charge in [0.05, 0.1) is 29.0 Å². The zero-order valence-corrected chi connectivity index (χ0v) is 21.0. The number of benzene rings is 1. The highest BCUT2D eigenvalue weighted by Crippen LogP contribution is 2.37. The largest absolute Gasteiger partial charge is 0.381 e. The summed E-state index contributed by atoms with van der Waals surface area (Å²) < 4.78 is 9.74. The third-order valence-corrected chi connectivity index (χ3v) is 7.34. The van der Waals surface area contributed by atoms with E-state index >= 15 is 0 Å². The molecule has 4 aromatic rings. The Morgan fingerprint density at radius 1 is 1.17 bits per heavy atom. The first-order valence-electron chi connectivity index (χ1n) is 12.7. The number of nitrogens with zero attached hydrogens (tertiary/aromatic N) is 7. The standard InChI is InChI=1S/C27H31N7O2/c1-17(2)33-15-19(13-29-33)27-28-14-22-21(5-4-6-24(22)30-27)26-23-16-32(18(3)35)10-7-25(23)34(31-26)20-8-11-36-12-9-20/h4-6,13-15,17,20H,7-12,16H2,1-3H3. The third kappa shape index (κ3) is 3.97. The van der Waals surface area contributed by atoms with Gasteiger partial charge in [-0.2, -0.15) is 10.2 Å². The number of hydrogen-bond acceptors (Lipinski definition) is 6. The van der Waals surface area contributed by atoms with E-state index < -0.39 is 0 Å². The van der Waals surface area contributed by atoms with Crippen molar-refractivity contribution in [2.24, 2.45) is 0 Å². The lowest BCUT2D eigenvalue weighted by Crippen LogP contribution is -2.35. The van der Waals surface area contributed by atoms with E-state index in [1.807, 2.05) is 40.3 Å². The van der Waals surface area contributed by atoms with Gasteiger partial charge in [0, 0.05) is 80.3 Å². The van der Waals surface area contributed by atoms with Crippen LogP contribution in [0.3, 0.4) is 0 Å². The molecule has 0 unspecified atom stereocenters. The molecular weight excluding hydrogens is 454 g/mol. The molecule has 186 valence electrons. The minimum Gasteiger partial charge on any atom is -0.381 e. The summed E-state index contributed by atoms with van der Waals surface area (Å²) in [7, 11) is 0. The van der Waals surface area contributed by atoms with Gasteiger partial charge in [-0.3, -0.25) is 14.2 Å². The van der Waals surface area contributed by atoms with Crippen molar-refractivity contribution in [2.75, 3.05) is 19.8 Å². The number of rotatable bonds is 4. The molecule has 0 atom stereocenters. The fourth-order valence-corrected chi connectivity index (χ4v) is 5.30. The van der Waals surface area contributed by atoms with Gasteiger partial charge in [-0.1, -0.05) is 12.1 Å². The van der Waals surface area contributed by atoms with E-state index in [9.17, 15) is 4.79 Å². The van der Waals surface area contributed by atoms with Gasteiger partial charge >= 0.3 is 0 Å². The first kappa shape index (κ1) is 22.8. The number of carbonyl (C=O) groups excluding carboxylic acids is 1. The van der Waals surface area contributed by atoms with E-state index in [1.165, 1.54) is 5.69 Å². The molecule has 0 spiro atoms. The number of carbonyl (C=O) groups is 1. The molecule has 1 saturated heterocycles. The highest BCUT2D eigenvalue weighted by atomic mass is 16.5. The van der Waals surface area contributed by atoms with Crippen LogP contribution in [-0.4, -0.2) is 60.1 Å². The van der Waals surface area contributed by atoms with Crippen LogP contribution in [0.15, 0.2) is 36.8 Å². The number of ether oxygens (including phenoxy) is 1. The molecule has 1 aromatic carbocycles. The number of hydrogen-bond donors (Lipinski definition) is 0. The Balaban J connectivity index is 1.46. The highest BCUT2D eigenvalue weighted by Gasteiger charge is 2.30. The Kier molecular flexibility index (Phi) is 5.79. The van der Waals surface area contributed by atoms with Crippen LogP contribution in [0.4, 0.5) is 0 Å². The summed E-state index contributed by atoms with van der Waals surface area (Å²) in [6.07, 6.45) is 8.41. The number of amides is 1. The van der Waals surface area contributed by atoms with Crippen LogP contribution in [0.1, 0.15) is 57.0 Å². The molecule has 3 aromatic heterocycles. The molecule has 2 aliphatic rings. The second-order valence-corrected chi connectivity index (χ2v) is 9.99. The van der Waals surface area contributed by atoms with Gasteiger partial charge < -0.3 is 9.64 Å². The minimum absolute atomic E-state index is 0.0956. The molecule has 1 amide bonds. The first-order valence-corrected chi connectivity index (χ1v) is 12.7. The zero-order chi connectivity index (χ0) is 24.8. The Bertz CT molecular complexity index is 1430. The molecular formula is C27H31N7O2. The minimum atomic E-state index is 0.0956. The Labute approximate surface area is 210 Å². The van der Waals surface area contributed by atoms with Crippen molar-refractivity contribution in [3.63, 3.8) is 0 Å². The SMILES string of the molecule is CC(=O)N1CCc2c(c(-c3cccc4nc(-c5cnn(C(C)C)c5)ncc34)nn2C2CCOCC2)C1. The molecule has 36 heavy (non-hydrogen) atoms. The van der Waals surface area contributed by atoms with Gasteiger partial charge in [0.15, 0.2) is 5.82 Å². The smallest absolute Gasteiger partial charge is 0.219 e. The van der Waals surface area contributed by atoms with Crippen LogP contribution in [-0.2, 0) is 22.5 Å². The Morgan fingerprint density at radius 3 is 2.75 bits per heavy atom.